The van der Waals surface area contributed by atoms with Crippen LogP contribution in [-0.2, 0) is 6.54 Å². The van der Waals surface area contributed by atoms with Crippen molar-refractivity contribution >= 4 is 0 Å². The molecule has 1 atom stereocenters. The van der Waals surface area contributed by atoms with E-state index in [-0.39, 0.29) is 5.54 Å². The van der Waals surface area contributed by atoms with Gasteiger partial charge in [-0.2, -0.15) is 5.10 Å². The van der Waals surface area contributed by atoms with Gasteiger partial charge in [0.05, 0.1) is 6.54 Å². The molecule has 1 aliphatic rings. The van der Waals surface area contributed by atoms with E-state index in [2.05, 4.69) is 54.9 Å². The molecule has 0 saturated carbocycles. The lowest BCUT2D eigenvalue weighted by Crippen LogP contribution is -2.61. The van der Waals surface area contributed by atoms with Crippen LogP contribution in [0.15, 0.2) is 6.33 Å². The molecule has 1 N–H and O–H groups in total. The third-order valence-corrected chi connectivity index (χ3v) is 4.08. The fraction of sp³-hybridized carbons (Fsp3) is 0.857. The van der Waals surface area contributed by atoms with E-state index in [9.17, 15) is 0 Å². The molecule has 1 aliphatic heterocycles. The molecule has 0 aliphatic carbocycles. The van der Waals surface area contributed by atoms with E-state index in [4.69, 9.17) is 0 Å². The molecule has 5 heteroatoms. The Labute approximate surface area is 116 Å². The number of rotatable bonds is 4. The van der Waals surface area contributed by atoms with Gasteiger partial charge in [-0.15, -0.1) is 0 Å². The van der Waals surface area contributed by atoms with Crippen LogP contribution in [0.4, 0.5) is 0 Å². The highest BCUT2D eigenvalue weighted by atomic mass is 15.4. The van der Waals surface area contributed by atoms with Crippen LogP contribution >= 0.6 is 0 Å². The Morgan fingerprint density at radius 2 is 2.21 bits per heavy atom. The van der Waals surface area contributed by atoms with Gasteiger partial charge in [0.1, 0.15) is 12.2 Å². The summed E-state index contributed by atoms with van der Waals surface area (Å²) in [6, 6.07) is 0.953. The Kier molecular flexibility index (Phi) is 4.26. The van der Waals surface area contributed by atoms with E-state index in [1.165, 1.54) is 6.42 Å². The predicted octanol–water partition coefficient (Wildman–Crippen LogP) is 1.82. The number of hydrogen-bond acceptors (Lipinski definition) is 4. The zero-order chi connectivity index (χ0) is 14.0. The molecule has 1 aromatic rings. The Bertz CT molecular complexity index is 410. The Hall–Kier alpha value is -0.940. The largest absolute Gasteiger partial charge is 0.311 e. The molecule has 0 amide bonds. The Balaban J connectivity index is 2.13. The lowest BCUT2D eigenvalue weighted by atomic mass is 9.96. The number of nitrogens with zero attached hydrogens (tertiary/aromatic N) is 4. The van der Waals surface area contributed by atoms with E-state index >= 15 is 0 Å². The van der Waals surface area contributed by atoms with E-state index in [0.29, 0.717) is 12.1 Å². The molecule has 1 fully saturated rings. The molecule has 5 nitrogen and oxygen atoms in total. The van der Waals surface area contributed by atoms with Crippen molar-refractivity contribution in [2.24, 2.45) is 0 Å². The molecule has 0 aromatic carbocycles. The standard InChI is InChI=1S/C14H27N5/c1-6-12-7-18(14(4,5)9-15-12)8-13-16-10-17-19(13)11(2)3/h10-12,15H,6-9H2,1-5H3. The van der Waals surface area contributed by atoms with Crippen molar-refractivity contribution in [1.29, 1.82) is 0 Å². The van der Waals surface area contributed by atoms with Crippen molar-refractivity contribution in [1.82, 2.24) is 25.0 Å². The number of piperazine rings is 1. The minimum absolute atomic E-state index is 0.166. The normalized spacial score (nSPS) is 24.0. The summed E-state index contributed by atoms with van der Waals surface area (Å²) in [6.45, 7) is 14.1. The fourth-order valence-corrected chi connectivity index (χ4v) is 2.62. The molecule has 0 spiro atoms. The molecule has 2 rings (SSSR count). The average Bonchev–Trinajstić information content (AvgIpc) is 2.80. The molecule has 1 unspecified atom stereocenters. The molecular formula is C14H27N5. The van der Waals surface area contributed by atoms with Crippen molar-refractivity contribution in [3.8, 4) is 0 Å². The number of hydrogen-bond donors (Lipinski definition) is 1. The molecule has 1 saturated heterocycles. The van der Waals surface area contributed by atoms with Gasteiger partial charge in [-0.1, -0.05) is 6.92 Å². The van der Waals surface area contributed by atoms with Crippen LogP contribution in [0.2, 0.25) is 0 Å². The van der Waals surface area contributed by atoms with Gasteiger partial charge >= 0.3 is 0 Å². The summed E-state index contributed by atoms with van der Waals surface area (Å²) in [5.41, 5.74) is 0.166. The quantitative estimate of drug-likeness (QED) is 0.902. The van der Waals surface area contributed by atoms with Crippen LogP contribution in [0.5, 0.6) is 0 Å². The molecule has 1 aromatic heterocycles. The smallest absolute Gasteiger partial charge is 0.141 e. The fourth-order valence-electron chi connectivity index (χ4n) is 2.62. The first-order valence-electron chi connectivity index (χ1n) is 7.31. The minimum Gasteiger partial charge on any atom is -0.311 e. The van der Waals surface area contributed by atoms with Crippen molar-refractivity contribution < 1.29 is 0 Å². The van der Waals surface area contributed by atoms with Crippen LogP contribution in [-0.4, -0.2) is 44.3 Å². The van der Waals surface area contributed by atoms with Gasteiger partial charge in [0, 0.05) is 30.7 Å². The summed E-state index contributed by atoms with van der Waals surface area (Å²) in [5, 5.41) is 7.95. The first-order valence-corrected chi connectivity index (χ1v) is 7.31. The monoisotopic (exact) mass is 265 g/mol. The minimum atomic E-state index is 0.166. The first kappa shape index (κ1) is 14.5. The summed E-state index contributed by atoms with van der Waals surface area (Å²) in [6.07, 6.45) is 2.84. The highest BCUT2D eigenvalue weighted by Gasteiger charge is 2.34. The second kappa shape index (κ2) is 5.59. The summed E-state index contributed by atoms with van der Waals surface area (Å²) in [7, 11) is 0. The molecule has 0 bridgehead atoms. The molecule has 2 heterocycles. The van der Waals surface area contributed by atoms with E-state index in [1.54, 1.807) is 6.33 Å². The van der Waals surface area contributed by atoms with Crippen LogP contribution in [0.25, 0.3) is 0 Å². The maximum atomic E-state index is 4.44. The lowest BCUT2D eigenvalue weighted by Gasteiger charge is -2.45. The maximum absolute atomic E-state index is 4.44. The zero-order valence-corrected chi connectivity index (χ0v) is 12.8. The third-order valence-electron chi connectivity index (χ3n) is 4.08. The van der Waals surface area contributed by atoms with Gasteiger partial charge in [0.15, 0.2) is 0 Å². The third kappa shape index (κ3) is 3.15. The van der Waals surface area contributed by atoms with Crippen LogP contribution in [0.1, 0.15) is 52.9 Å². The van der Waals surface area contributed by atoms with Crippen molar-refractivity contribution in [2.45, 2.75) is 65.2 Å². The van der Waals surface area contributed by atoms with Gasteiger partial charge < -0.3 is 5.32 Å². The van der Waals surface area contributed by atoms with Gasteiger partial charge in [-0.05, 0) is 34.1 Å². The van der Waals surface area contributed by atoms with Crippen LogP contribution in [0, 0.1) is 0 Å². The average molecular weight is 265 g/mol. The SMILES string of the molecule is CCC1CN(Cc2ncnn2C(C)C)C(C)(C)CN1. The summed E-state index contributed by atoms with van der Waals surface area (Å²) in [4.78, 5) is 6.97. The van der Waals surface area contributed by atoms with Crippen molar-refractivity contribution in [2.75, 3.05) is 13.1 Å². The first-order chi connectivity index (χ1) is 8.94. The van der Waals surface area contributed by atoms with Gasteiger partial charge in [-0.3, -0.25) is 4.90 Å². The number of nitrogens with one attached hydrogen (secondary N) is 1. The second-order valence-electron chi connectivity index (χ2n) is 6.39. The zero-order valence-electron chi connectivity index (χ0n) is 12.8. The maximum Gasteiger partial charge on any atom is 0.141 e. The molecule has 0 radical (unpaired) electrons. The summed E-state index contributed by atoms with van der Waals surface area (Å²) < 4.78 is 2.03. The topological polar surface area (TPSA) is 46.0 Å². The highest BCUT2D eigenvalue weighted by Crippen LogP contribution is 2.22. The van der Waals surface area contributed by atoms with E-state index in [0.717, 1.165) is 25.5 Å². The van der Waals surface area contributed by atoms with Crippen molar-refractivity contribution in [3.63, 3.8) is 0 Å². The van der Waals surface area contributed by atoms with Crippen LogP contribution < -0.4 is 5.32 Å². The van der Waals surface area contributed by atoms with Gasteiger partial charge in [0.25, 0.3) is 0 Å². The highest BCUT2D eigenvalue weighted by molar-refractivity contribution is 4.96. The van der Waals surface area contributed by atoms with Gasteiger partial charge in [-0.25, -0.2) is 9.67 Å². The lowest BCUT2D eigenvalue weighted by molar-refractivity contribution is 0.0536. The molecule has 108 valence electrons. The predicted molar refractivity (Wildman–Crippen MR) is 77.0 cm³/mol. The second-order valence-corrected chi connectivity index (χ2v) is 6.39. The van der Waals surface area contributed by atoms with E-state index < -0.39 is 0 Å². The van der Waals surface area contributed by atoms with Crippen LogP contribution in [0.3, 0.4) is 0 Å². The number of aromatic nitrogens is 3. The Morgan fingerprint density at radius 3 is 2.84 bits per heavy atom. The van der Waals surface area contributed by atoms with Crippen molar-refractivity contribution in [3.05, 3.63) is 12.2 Å². The molecular weight excluding hydrogens is 238 g/mol. The van der Waals surface area contributed by atoms with Gasteiger partial charge in [0.2, 0.25) is 0 Å². The van der Waals surface area contributed by atoms with E-state index in [1.807, 2.05) is 4.68 Å². The molecule has 19 heavy (non-hydrogen) atoms. The summed E-state index contributed by atoms with van der Waals surface area (Å²) in [5.74, 6) is 1.07. The summed E-state index contributed by atoms with van der Waals surface area (Å²) >= 11 is 0. The Morgan fingerprint density at radius 1 is 1.47 bits per heavy atom.